The molecule has 30 heavy (non-hydrogen) atoms. The molecular weight excluding hydrogens is 398 g/mol. The van der Waals surface area contributed by atoms with Crippen LogP contribution < -0.4 is 15.4 Å². The standard InChI is InChI=1S/C23H17N3O3S/c27-22(18-11-17(13-24-14-18)16-9-10-28-15-16)26-23(30)25-19-5-4-8-21(12-19)29-20-6-2-1-3-7-20/h1-15H,(H2,25,26,27,30). The van der Waals surface area contributed by atoms with E-state index in [0.717, 1.165) is 16.9 Å². The number of anilines is 1. The van der Waals surface area contributed by atoms with E-state index in [2.05, 4.69) is 15.6 Å². The Hall–Kier alpha value is -3.97. The van der Waals surface area contributed by atoms with E-state index < -0.39 is 0 Å². The molecule has 1 amide bonds. The van der Waals surface area contributed by atoms with Crippen molar-refractivity contribution in [3.8, 4) is 22.6 Å². The van der Waals surface area contributed by atoms with E-state index in [9.17, 15) is 4.79 Å². The van der Waals surface area contributed by atoms with Crippen LogP contribution in [0.25, 0.3) is 11.1 Å². The SMILES string of the molecule is O=C(NC(=S)Nc1cccc(Oc2ccccc2)c1)c1cncc(-c2ccoc2)c1. The summed E-state index contributed by atoms with van der Waals surface area (Å²) in [5, 5.41) is 5.83. The predicted octanol–water partition coefficient (Wildman–Crippen LogP) is 5.26. The van der Waals surface area contributed by atoms with Gasteiger partial charge in [-0.25, -0.2) is 0 Å². The molecule has 148 valence electrons. The third kappa shape index (κ3) is 4.89. The van der Waals surface area contributed by atoms with Crippen molar-refractivity contribution in [2.45, 2.75) is 0 Å². The number of aromatic nitrogens is 1. The van der Waals surface area contributed by atoms with Gasteiger partial charge in [0.05, 0.1) is 18.1 Å². The lowest BCUT2D eigenvalue weighted by Gasteiger charge is -2.11. The molecule has 2 heterocycles. The highest BCUT2D eigenvalue weighted by Crippen LogP contribution is 2.24. The molecule has 0 aliphatic rings. The summed E-state index contributed by atoms with van der Waals surface area (Å²) in [6.45, 7) is 0. The molecule has 0 aliphatic carbocycles. The highest BCUT2D eigenvalue weighted by atomic mass is 32.1. The molecule has 0 radical (unpaired) electrons. The Labute approximate surface area is 178 Å². The minimum absolute atomic E-state index is 0.172. The molecule has 0 atom stereocenters. The monoisotopic (exact) mass is 415 g/mol. The maximum Gasteiger partial charge on any atom is 0.258 e. The maximum atomic E-state index is 12.5. The molecular formula is C23H17N3O3S. The largest absolute Gasteiger partial charge is 0.472 e. The number of hydrogen-bond acceptors (Lipinski definition) is 5. The summed E-state index contributed by atoms with van der Waals surface area (Å²) in [6, 6.07) is 20.3. The van der Waals surface area contributed by atoms with Gasteiger partial charge in [-0.05, 0) is 48.6 Å². The first kappa shape index (κ1) is 19.4. The minimum atomic E-state index is -0.359. The van der Waals surface area contributed by atoms with Crippen molar-refractivity contribution in [3.05, 3.63) is 97.2 Å². The molecule has 7 heteroatoms. The average Bonchev–Trinajstić information content (AvgIpc) is 3.30. The second-order valence-corrected chi connectivity index (χ2v) is 6.73. The third-order valence-electron chi connectivity index (χ3n) is 4.15. The van der Waals surface area contributed by atoms with Crippen LogP contribution in [0, 0.1) is 0 Å². The fraction of sp³-hybridized carbons (Fsp3) is 0. The van der Waals surface area contributed by atoms with Crippen LogP contribution in [0.3, 0.4) is 0 Å². The highest BCUT2D eigenvalue weighted by Gasteiger charge is 2.11. The van der Waals surface area contributed by atoms with E-state index >= 15 is 0 Å². The number of carbonyl (C=O) groups excluding carboxylic acids is 1. The van der Waals surface area contributed by atoms with E-state index in [0.29, 0.717) is 17.0 Å². The molecule has 0 saturated carbocycles. The van der Waals surface area contributed by atoms with Gasteiger partial charge < -0.3 is 14.5 Å². The van der Waals surface area contributed by atoms with Crippen LogP contribution in [0.15, 0.2) is 96.1 Å². The van der Waals surface area contributed by atoms with Gasteiger partial charge in [-0.15, -0.1) is 0 Å². The molecule has 0 saturated heterocycles. The average molecular weight is 415 g/mol. The molecule has 6 nitrogen and oxygen atoms in total. The molecule has 0 fully saturated rings. The van der Waals surface area contributed by atoms with Crippen molar-refractivity contribution in [1.29, 1.82) is 0 Å². The van der Waals surface area contributed by atoms with Crippen LogP contribution >= 0.6 is 12.2 Å². The van der Waals surface area contributed by atoms with E-state index in [1.54, 1.807) is 36.9 Å². The first-order valence-corrected chi connectivity index (χ1v) is 9.51. The van der Waals surface area contributed by atoms with Crippen molar-refractivity contribution in [3.63, 3.8) is 0 Å². The summed E-state index contributed by atoms with van der Waals surface area (Å²) in [7, 11) is 0. The minimum Gasteiger partial charge on any atom is -0.472 e. The summed E-state index contributed by atoms with van der Waals surface area (Å²) in [5.74, 6) is 1.02. The van der Waals surface area contributed by atoms with Gasteiger partial charge in [0.15, 0.2) is 5.11 Å². The molecule has 0 unspecified atom stereocenters. The van der Waals surface area contributed by atoms with Crippen molar-refractivity contribution < 1.29 is 13.9 Å². The second kappa shape index (κ2) is 9.02. The quantitative estimate of drug-likeness (QED) is 0.433. The number of nitrogens with one attached hydrogen (secondary N) is 2. The Balaban J connectivity index is 1.39. The molecule has 4 aromatic rings. The zero-order valence-corrected chi connectivity index (χ0v) is 16.6. The van der Waals surface area contributed by atoms with Crippen molar-refractivity contribution in [2.24, 2.45) is 0 Å². The fourth-order valence-electron chi connectivity index (χ4n) is 2.75. The Kier molecular flexibility index (Phi) is 5.82. The summed E-state index contributed by atoms with van der Waals surface area (Å²) in [5.41, 5.74) is 2.70. The molecule has 0 bridgehead atoms. The number of carbonyl (C=O) groups is 1. The zero-order valence-electron chi connectivity index (χ0n) is 15.7. The Morgan fingerprint density at radius 1 is 0.933 bits per heavy atom. The van der Waals surface area contributed by atoms with E-state index in [1.165, 1.54) is 6.20 Å². The number of thiocarbonyl (C=S) groups is 1. The first-order chi connectivity index (χ1) is 14.7. The topological polar surface area (TPSA) is 76.4 Å². The Morgan fingerprint density at radius 2 is 1.77 bits per heavy atom. The third-order valence-corrected chi connectivity index (χ3v) is 4.36. The number of amides is 1. The van der Waals surface area contributed by atoms with Crippen molar-refractivity contribution in [2.75, 3.05) is 5.32 Å². The zero-order chi connectivity index (χ0) is 20.8. The molecule has 0 aliphatic heterocycles. The fourth-order valence-corrected chi connectivity index (χ4v) is 2.96. The summed E-state index contributed by atoms with van der Waals surface area (Å²) in [6.07, 6.45) is 6.30. The summed E-state index contributed by atoms with van der Waals surface area (Å²) < 4.78 is 10.9. The summed E-state index contributed by atoms with van der Waals surface area (Å²) >= 11 is 5.28. The predicted molar refractivity (Wildman–Crippen MR) is 119 cm³/mol. The lowest BCUT2D eigenvalue weighted by molar-refractivity contribution is 0.0977. The lowest BCUT2D eigenvalue weighted by atomic mass is 10.1. The van der Waals surface area contributed by atoms with Gasteiger partial charge in [0, 0.05) is 35.3 Å². The number of pyridine rings is 1. The number of furan rings is 1. The summed E-state index contributed by atoms with van der Waals surface area (Å²) in [4.78, 5) is 16.7. The smallest absolute Gasteiger partial charge is 0.258 e. The highest BCUT2D eigenvalue weighted by molar-refractivity contribution is 7.80. The number of hydrogen-bond donors (Lipinski definition) is 2. The molecule has 2 N–H and O–H groups in total. The van der Waals surface area contributed by atoms with Crippen molar-refractivity contribution in [1.82, 2.24) is 10.3 Å². The number of rotatable bonds is 5. The van der Waals surface area contributed by atoms with Gasteiger partial charge in [0.25, 0.3) is 5.91 Å². The second-order valence-electron chi connectivity index (χ2n) is 6.33. The van der Waals surface area contributed by atoms with Gasteiger partial charge in [0.1, 0.15) is 11.5 Å². The van der Waals surface area contributed by atoms with Gasteiger partial charge in [-0.2, -0.15) is 0 Å². The number of ether oxygens (including phenoxy) is 1. The van der Waals surface area contributed by atoms with Crippen LogP contribution in [0.5, 0.6) is 11.5 Å². The Bertz CT molecular complexity index is 1160. The normalized spacial score (nSPS) is 10.3. The number of para-hydroxylation sites is 1. The van der Waals surface area contributed by atoms with Gasteiger partial charge in [-0.1, -0.05) is 24.3 Å². The lowest BCUT2D eigenvalue weighted by Crippen LogP contribution is -2.34. The van der Waals surface area contributed by atoms with Gasteiger partial charge in [0.2, 0.25) is 0 Å². The molecule has 4 rings (SSSR count). The maximum absolute atomic E-state index is 12.5. The molecule has 0 spiro atoms. The van der Waals surface area contributed by atoms with E-state index in [4.69, 9.17) is 21.4 Å². The van der Waals surface area contributed by atoms with Gasteiger partial charge in [-0.3, -0.25) is 15.1 Å². The van der Waals surface area contributed by atoms with Crippen LogP contribution in [-0.2, 0) is 0 Å². The number of benzene rings is 2. The van der Waals surface area contributed by atoms with E-state index in [-0.39, 0.29) is 11.0 Å². The van der Waals surface area contributed by atoms with Gasteiger partial charge >= 0.3 is 0 Å². The molecule has 2 aromatic heterocycles. The van der Waals surface area contributed by atoms with Crippen LogP contribution in [0.1, 0.15) is 10.4 Å². The molecule has 2 aromatic carbocycles. The number of nitrogens with zero attached hydrogens (tertiary/aromatic N) is 1. The van der Waals surface area contributed by atoms with Crippen molar-refractivity contribution >= 4 is 28.9 Å². The van der Waals surface area contributed by atoms with E-state index in [1.807, 2.05) is 48.5 Å². The van der Waals surface area contributed by atoms with Crippen LogP contribution in [0.2, 0.25) is 0 Å². The first-order valence-electron chi connectivity index (χ1n) is 9.10. The van der Waals surface area contributed by atoms with Crippen LogP contribution in [-0.4, -0.2) is 16.0 Å². The van der Waals surface area contributed by atoms with Crippen LogP contribution in [0.4, 0.5) is 5.69 Å². The Morgan fingerprint density at radius 3 is 2.57 bits per heavy atom.